The third-order valence-corrected chi connectivity index (χ3v) is 5.48. The molecular weight excluding hydrogens is 334 g/mol. The van der Waals surface area contributed by atoms with Crippen molar-refractivity contribution in [1.82, 2.24) is 10.6 Å². The van der Waals surface area contributed by atoms with E-state index in [0.717, 1.165) is 25.9 Å². The summed E-state index contributed by atoms with van der Waals surface area (Å²) in [6.07, 6.45) is 2.12. The van der Waals surface area contributed by atoms with Crippen molar-refractivity contribution >= 4 is 28.8 Å². The van der Waals surface area contributed by atoms with Gasteiger partial charge in [-0.25, -0.2) is 0 Å². The van der Waals surface area contributed by atoms with Gasteiger partial charge in [0.1, 0.15) is 0 Å². The van der Waals surface area contributed by atoms with Gasteiger partial charge in [0.25, 0.3) is 11.8 Å². The molecule has 1 aliphatic heterocycles. The van der Waals surface area contributed by atoms with Crippen LogP contribution in [0.5, 0.6) is 0 Å². The van der Waals surface area contributed by atoms with Gasteiger partial charge in [-0.3, -0.25) is 9.59 Å². The molecule has 0 radical (unpaired) electrons. The highest BCUT2D eigenvalue weighted by Crippen LogP contribution is 2.26. The van der Waals surface area contributed by atoms with Gasteiger partial charge in [0.15, 0.2) is 0 Å². The first kappa shape index (κ1) is 17.6. The molecule has 3 N–H and O–H groups in total. The first-order chi connectivity index (χ1) is 12.1. The van der Waals surface area contributed by atoms with E-state index in [1.165, 1.54) is 11.3 Å². The van der Waals surface area contributed by atoms with E-state index in [0.29, 0.717) is 22.7 Å². The number of hydrogen-bond acceptors (Lipinski definition) is 4. The largest absolute Gasteiger partial charge is 0.351 e. The van der Waals surface area contributed by atoms with Crippen molar-refractivity contribution < 1.29 is 9.59 Å². The van der Waals surface area contributed by atoms with Gasteiger partial charge in [0, 0.05) is 17.8 Å². The lowest BCUT2D eigenvalue weighted by Crippen LogP contribution is -2.42. The van der Waals surface area contributed by atoms with Gasteiger partial charge in [0.2, 0.25) is 0 Å². The Balaban J connectivity index is 1.60. The van der Waals surface area contributed by atoms with Crippen LogP contribution in [0.15, 0.2) is 41.8 Å². The summed E-state index contributed by atoms with van der Waals surface area (Å²) >= 11 is 1.39. The molecule has 0 bridgehead atoms. The molecule has 5 nitrogen and oxygen atoms in total. The molecule has 2 amide bonds. The molecule has 3 rings (SSSR count). The molecule has 1 saturated heterocycles. The second kappa shape index (κ2) is 7.80. The molecule has 1 aromatic carbocycles. The zero-order valence-electron chi connectivity index (χ0n) is 14.3. The van der Waals surface area contributed by atoms with Gasteiger partial charge in [-0.15, -0.1) is 11.3 Å². The van der Waals surface area contributed by atoms with Crippen molar-refractivity contribution in [3.05, 3.63) is 52.2 Å². The SMILES string of the molecule is CC1(CNC(=O)c2cccc(NC(=O)c3cccs3)c2)CCNCC1. The number of anilines is 1. The summed E-state index contributed by atoms with van der Waals surface area (Å²) < 4.78 is 0. The number of thiophene rings is 1. The standard InChI is InChI=1S/C19H23N3O2S/c1-19(7-9-20-10-8-19)13-21-17(23)14-4-2-5-15(12-14)22-18(24)16-6-3-11-25-16/h2-6,11-12,20H,7-10,13H2,1H3,(H,21,23)(H,22,24). The number of benzene rings is 1. The fourth-order valence-corrected chi connectivity index (χ4v) is 3.56. The molecule has 132 valence electrons. The van der Waals surface area contributed by atoms with Crippen LogP contribution in [0.3, 0.4) is 0 Å². The van der Waals surface area contributed by atoms with E-state index < -0.39 is 0 Å². The van der Waals surface area contributed by atoms with Crippen LogP contribution in [0, 0.1) is 5.41 Å². The van der Waals surface area contributed by atoms with Crippen LogP contribution in [0.4, 0.5) is 5.69 Å². The van der Waals surface area contributed by atoms with Crippen LogP contribution < -0.4 is 16.0 Å². The van der Waals surface area contributed by atoms with Crippen molar-refractivity contribution in [3.63, 3.8) is 0 Å². The Bertz CT molecular complexity index is 737. The molecule has 2 heterocycles. The minimum absolute atomic E-state index is 0.105. The molecule has 1 aliphatic rings. The number of nitrogens with one attached hydrogen (secondary N) is 3. The maximum Gasteiger partial charge on any atom is 0.265 e. The summed E-state index contributed by atoms with van der Waals surface area (Å²) in [5.41, 5.74) is 1.33. The van der Waals surface area contributed by atoms with E-state index in [1.54, 1.807) is 30.3 Å². The normalized spacial score (nSPS) is 16.2. The molecule has 25 heavy (non-hydrogen) atoms. The first-order valence-corrected chi connectivity index (χ1v) is 9.38. The summed E-state index contributed by atoms with van der Waals surface area (Å²) in [6.45, 7) is 4.87. The fraction of sp³-hybridized carbons (Fsp3) is 0.368. The van der Waals surface area contributed by atoms with Crippen LogP contribution in [-0.4, -0.2) is 31.4 Å². The average molecular weight is 357 g/mol. The summed E-state index contributed by atoms with van der Waals surface area (Å²) in [6, 6.07) is 10.7. The second-order valence-corrected chi connectivity index (χ2v) is 7.70. The molecule has 0 atom stereocenters. The van der Waals surface area contributed by atoms with E-state index in [2.05, 4.69) is 22.9 Å². The maximum atomic E-state index is 12.5. The summed E-state index contributed by atoms with van der Waals surface area (Å²) in [4.78, 5) is 25.2. The number of carbonyl (C=O) groups excluding carboxylic acids is 2. The first-order valence-electron chi connectivity index (χ1n) is 8.50. The number of hydrogen-bond donors (Lipinski definition) is 3. The molecule has 2 aromatic rings. The second-order valence-electron chi connectivity index (χ2n) is 6.76. The monoisotopic (exact) mass is 357 g/mol. The third kappa shape index (κ3) is 4.67. The van der Waals surface area contributed by atoms with Gasteiger partial charge >= 0.3 is 0 Å². The number of amides is 2. The van der Waals surface area contributed by atoms with Crippen molar-refractivity contribution in [3.8, 4) is 0 Å². The molecule has 0 saturated carbocycles. The Morgan fingerprint density at radius 1 is 1.16 bits per heavy atom. The molecule has 0 aliphatic carbocycles. The zero-order valence-corrected chi connectivity index (χ0v) is 15.1. The Hall–Kier alpha value is -2.18. The molecule has 6 heteroatoms. The Morgan fingerprint density at radius 3 is 2.68 bits per heavy atom. The van der Waals surface area contributed by atoms with Crippen molar-refractivity contribution in [2.45, 2.75) is 19.8 Å². The van der Waals surface area contributed by atoms with Crippen LogP contribution in [0.1, 0.15) is 39.8 Å². The number of rotatable bonds is 5. The van der Waals surface area contributed by atoms with Crippen LogP contribution >= 0.6 is 11.3 Å². The summed E-state index contributed by atoms with van der Waals surface area (Å²) in [5, 5.41) is 11.1. The van der Waals surface area contributed by atoms with Crippen molar-refractivity contribution in [2.75, 3.05) is 25.0 Å². The Labute approximate surface area is 151 Å². The quantitative estimate of drug-likeness (QED) is 0.770. The predicted molar refractivity (Wildman–Crippen MR) is 101 cm³/mol. The van der Waals surface area contributed by atoms with E-state index in [9.17, 15) is 9.59 Å². The highest BCUT2D eigenvalue weighted by atomic mass is 32.1. The van der Waals surface area contributed by atoms with E-state index in [1.807, 2.05) is 11.4 Å². The molecule has 0 unspecified atom stereocenters. The summed E-state index contributed by atoms with van der Waals surface area (Å²) in [7, 11) is 0. The number of piperidine rings is 1. The topological polar surface area (TPSA) is 70.2 Å². The zero-order chi connectivity index (χ0) is 17.7. The Morgan fingerprint density at radius 2 is 1.96 bits per heavy atom. The average Bonchev–Trinajstić information content (AvgIpc) is 3.15. The van der Waals surface area contributed by atoms with E-state index in [-0.39, 0.29) is 17.2 Å². The van der Waals surface area contributed by atoms with Crippen LogP contribution in [0.2, 0.25) is 0 Å². The van der Waals surface area contributed by atoms with Crippen LogP contribution in [0.25, 0.3) is 0 Å². The third-order valence-electron chi connectivity index (χ3n) is 4.61. The lowest BCUT2D eigenvalue weighted by atomic mass is 9.81. The predicted octanol–water partition coefficient (Wildman–Crippen LogP) is 3.12. The molecule has 1 fully saturated rings. The molecular formula is C19H23N3O2S. The van der Waals surface area contributed by atoms with Gasteiger partial charge in [-0.1, -0.05) is 19.1 Å². The van der Waals surface area contributed by atoms with E-state index >= 15 is 0 Å². The van der Waals surface area contributed by atoms with E-state index in [4.69, 9.17) is 0 Å². The summed E-state index contributed by atoms with van der Waals surface area (Å²) in [5.74, 6) is -0.262. The highest BCUT2D eigenvalue weighted by Gasteiger charge is 2.27. The Kier molecular flexibility index (Phi) is 5.50. The smallest absolute Gasteiger partial charge is 0.265 e. The lowest BCUT2D eigenvalue weighted by Gasteiger charge is -2.34. The van der Waals surface area contributed by atoms with Crippen molar-refractivity contribution in [2.24, 2.45) is 5.41 Å². The molecule has 1 aromatic heterocycles. The minimum Gasteiger partial charge on any atom is -0.351 e. The lowest BCUT2D eigenvalue weighted by molar-refractivity contribution is 0.0921. The van der Waals surface area contributed by atoms with Gasteiger partial charge in [-0.2, -0.15) is 0 Å². The van der Waals surface area contributed by atoms with Crippen molar-refractivity contribution in [1.29, 1.82) is 0 Å². The fourth-order valence-electron chi connectivity index (χ4n) is 2.94. The maximum absolute atomic E-state index is 12.5. The highest BCUT2D eigenvalue weighted by molar-refractivity contribution is 7.12. The minimum atomic E-state index is -0.158. The molecule has 0 spiro atoms. The van der Waals surface area contributed by atoms with Gasteiger partial charge in [0.05, 0.1) is 4.88 Å². The van der Waals surface area contributed by atoms with Gasteiger partial charge in [-0.05, 0) is 61.0 Å². The number of carbonyl (C=O) groups is 2. The van der Waals surface area contributed by atoms with Gasteiger partial charge < -0.3 is 16.0 Å². The van der Waals surface area contributed by atoms with Crippen LogP contribution in [-0.2, 0) is 0 Å².